The van der Waals surface area contributed by atoms with E-state index >= 15 is 0 Å². The molecule has 0 saturated heterocycles. The Kier molecular flexibility index (Phi) is 4.66. The SMILES string of the molecule is Cc1csc(NC(=O)COC(=O)c2ccc(-n3cccn3)cc2)n1. The second kappa shape index (κ2) is 7.05. The summed E-state index contributed by atoms with van der Waals surface area (Å²) in [6, 6.07) is 8.57. The number of carbonyl (C=O) groups is 2. The zero-order valence-corrected chi connectivity index (χ0v) is 13.6. The molecule has 0 radical (unpaired) electrons. The summed E-state index contributed by atoms with van der Waals surface area (Å²) in [6.45, 7) is 1.47. The Bertz CT molecular complexity index is 841. The Balaban J connectivity index is 1.54. The van der Waals surface area contributed by atoms with Gasteiger partial charge in [0.25, 0.3) is 5.91 Å². The fourth-order valence-electron chi connectivity index (χ4n) is 1.95. The standard InChI is InChI=1S/C16H14N4O3S/c1-11-10-24-16(18-11)19-14(21)9-23-15(22)12-3-5-13(6-4-12)20-8-2-7-17-20/h2-8,10H,9H2,1H3,(H,18,19,21). The first-order valence-corrected chi connectivity index (χ1v) is 7.99. The largest absolute Gasteiger partial charge is 0.452 e. The third-order valence-electron chi connectivity index (χ3n) is 3.07. The molecule has 0 spiro atoms. The molecule has 8 heteroatoms. The zero-order valence-electron chi connectivity index (χ0n) is 12.8. The Morgan fingerprint density at radius 1 is 1.29 bits per heavy atom. The molecule has 122 valence electrons. The maximum atomic E-state index is 12.0. The van der Waals surface area contributed by atoms with E-state index in [-0.39, 0.29) is 6.61 Å². The summed E-state index contributed by atoms with van der Waals surface area (Å²) >= 11 is 1.32. The summed E-state index contributed by atoms with van der Waals surface area (Å²) in [5, 5.41) is 8.99. The summed E-state index contributed by atoms with van der Waals surface area (Å²) in [4.78, 5) is 27.8. The number of aryl methyl sites for hydroxylation is 1. The number of esters is 1. The summed E-state index contributed by atoms with van der Waals surface area (Å²) in [5.41, 5.74) is 2.02. The molecular weight excluding hydrogens is 328 g/mol. The predicted molar refractivity (Wildman–Crippen MR) is 89.3 cm³/mol. The summed E-state index contributed by atoms with van der Waals surface area (Å²) in [5.74, 6) is -0.988. The van der Waals surface area contributed by atoms with Crippen LogP contribution in [0.25, 0.3) is 5.69 Å². The number of hydrogen-bond donors (Lipinski definition) is 1. The number of benzene rings is 1. The lowest BCUT2D eigenvalue weighted by atomic mass is 10.2. The number of carbonyl (C=O) groups excluding carboxylic acids is 2. The summed E-state index contributed by atoms with van der Waals surface area (Å²) < 4.78 is 6.68. The molecule has 2 heterocycles. The number of nitrogens with zero attached hydrogens (tertiary/aromatic N) is 3. The molecule has 24 heavy (non-hydrogen) atoms. The third kappa shape index (κ3) is 3.85. The maximum absolute atomic E-state index is 12.0. The van der Waals surface area contributed by atoms with Crippen molar-refractivity contribution in [2.45, 2.75) is 6.92 Å². The van der Waals surface area contributed by atoms with Gasteiger partial charge in [-0.3, -0.25) is 10.1 Å². The van der Waals surface area contributed by atoms with Crippen molar-refractivity contribution in [2.75, 3.05) is 11.9 Å². The highest BCUT2D eigenvalue weighted by Gasteiger charge is 2.11. The van der Waals surface area contributed by atoms with Crippen LogP contribution < -0.4 is 5.32 Å². The minimum absolute atomic E-state index is 0.363. The van der Waals surface area contributed by atoms with E-state index in [0.717, 1.165) is 11.4 Å². The van der Waals surface area contributed by atoms with Crippen LogP contribution in [-0.4, -0.2) is 33.2 Å². The molecule has 1 amide bonds. The minimum Gasteiger partial charge on any atom is -0.452 e. The normalized spacial score (nSPS) is 10.4. The molecule has 0 saturated carbocycles. The molecule has 0 fully saturated rings. The molecule has 1 aromatic carbocycles. The number of aromatic nitrogens is 3. The Labute approximate surface area is 141 Å². The Hall–Kier alpha value is -3.00. The number of rotatable bonds is 5. The van der Waals surface area contributed by atoms with Gasteiger partial charge in [0.05, 0.1) is 16.9 Å². The van der Waals surface area contributed by atoms with E-state index < -0.39 is 11.9 Å². The van der Waals surface area contributed by atoms with Crippen LogP contribution in [0, 0.1) is 6.92 Å². The highest BCUT2D eigenvalue weighted by molar-refractivity contribution is 7.13. The Morgan fingerprint density at radius 2 is 2.08 bits per heavy atom. The van der Waals surface area contributed by atoms with Gasteiger partial charge in [-0.05, 0) is 37.3 Å². The van der Waals surface area contributed by atoms with Crippen LogP contribution in [0.2, 0.25) is 0 Å². The van der Waals surface area contributed by atoms with E-state index in [1.54, 1.807) is 41.3 Å². The highest BCUT2D eigenvalue weighted by atomic mass is 32.1. The number of anilines is 1. The van der Waals surface area contributed by atoms with Gasteiger partial charge in [0.15, 0.2) is 11.7 Å². The summed E-state index contributed by atoms with van der Waals surface area (Å²) in [7, 11) is 0. The van der Waals surface area contributed by atoms with Crippen molar-refractivity contribution < 1.29 is 14.3 Å². The number of ether oxygens (including phenoxy) is 1. The van der Waals surface area contributed by atoms with Gasteiger partial charge in [-0.1, -0.05) is 0 Å². The molecule has 0 unspecified atom stereocenters. The van der Waals surface area contributed by atoms with Gasteiger partial charge < -0.3 is 4.74 Å². The first kappa shape index (κ1) is 15.9. The van der Waals surface area contributed by atoms with Crippen LogP contribution in [0.5, 0.6) is 0 Å². The van der Waals surface area contributed by atoms with Crippen LogP contribution in [0.3, 0.4) is 0 Å². The van der Waals surface area contributed by atoms with E-state index in [0.29, 0.717) is 10.7 Å². The van der Waals surface area contributed by atoms with Crippen molar-refractivity contribution in [3.8, 4) is 5.69 Å². The lowest BCUT2D eigenvalue weighted by Gasteiger charge is -2.06. The van der Waals surface area contributed by atoms with E-state index in [1.165, 1.54) is 11.3 Å². The molecule has 0 aliphatic rings. The maximum Gasteiger partial charge on any atom is 0.338 e. The van der Waals surface area contributed by atoms with Crippen LogP contribution in [0.1, 0.15) is 16.1 Å². The van der Waals surface area contributed by atoms with Crippen molar-refractivity contribution >= 4 is 28.3 Å². The molecule has 0 bridgehead atoms. The van der Waals surface area contributed by atoms with E-state index in [1.807, 2.05) is 18.4 Å². The Morgan fingerprint density at radius 3 is 2.71 bits per heavy atom. The number of thiazole rings is 1. The van der Waals surface area contributed by atoms with E-state index in [2.05, 4.69) is 15.4 Å². The average Bonchev–Trinajstić information content (AvgIpc) is 3.25. The molecule has 3 aromatic rings. The van der Waals surface area contributed by atoms with E-state index in [9.17, 15) is 9.59 Å². The molecular formula is C16H14N4O3S. The second-order valence-electron chi connectivity index (χ2n) is 4.92. The van der Waals surface area contributed by atoms with Crippen LogP contribution >= 0.6 is 11.3 Å². The van der Waals surface area contributed by atoms with Crippen molar-refractivity contribution in [1.82, 2.24) is 14.8 Å². The molecule has 7 nitrogen and oxygen atoms in total. The average molecular weight is 342 g/mol. The molecule has 3 rings (SSSR count). The van der Waals surface area contributed by atoms with Crippen LogP contribution in [-0.2, 0) is 9.53 Å². The summed E-state index contributed by atoms with van der Waals surface area (Å²) in [6.07, 6.45) is 3.47. The first-order valence-electron chi connectivity index (χ1n) is 7.11. The van der Waals surface area contributed by atoms with Gasteiger partial charge >= 0.3 is 5.97 Å². The van der Waals surface area contributed by atoms with Gasteiger partial charge in [0.2, 0.25) is 0 Å². The van der Waals surface area contributed by atoms with Crippen molar-refractivity contribution in [1.29, 1.82) is 0 Å². The fourth-order valence-corrected chi connectivity index (χ4v) is 2.66. The van der Waals surface area contributed by atoms with Gasteiger partial charge in [-0.15, -0.1) is 11.3 Å². The number of amides is 1. The molecule has 2 aromatic heterocycles. The number of nitrogens with one attached hydrogen (secondary N) is 1. The fraction of sp³-hybridized carbons (Fsp3) is 0.125. The van der Waals surface area contributed by atoms with Crippen LogP contribution in [0.4, 0.5) is 5.13 Å². The number of hydrogen-bond acceptors (Lipinski definition) is 6. The molecule has 0 aliphatic carbocycles. The quantitative estimate of drug-likeness (QED) is 0.720. The second-order valence-corrected chi connectivity index (χ2v) is 5.77. The highest BCUT2D eigenvalue weighted by Crippen LogP contribution is 2.14. The van der Waals surface area contributed by atoms with Gasteiger partial charge in [-0.2, -0.15) is 5.10 Å². The van der Waals surface area contributed by atoms with Gasteiger partial charge in [0, 0.05) is 17.8 Å². The molecule has 1 N–H and O–H groups in total. The molecule has 0 atom stereocenters. The lowest BCUT2D eigenvalue weighted by Crippen LogP contribution is -2.20. The molecule has 0 aliphatic heterocycles. The lowest BCUT2D eigenvalue weighted by molar-refractivity contribution is -0.119. The smallest absolute Gasteiger partial charge is 0.338 e. The van der Waals surface area contributed by atoms with Crippen molar-refractivity contribution in [2.24, 2.45) is 0 Å². The van der Waals surface area contributed by atoms with E-state index in [4.69, 9.17) is 4.74 Å². The van der Waals surface area contributed by atoms with Crippen LogP contribution in [0.15, 0.2) is 48.1 Å². The third-order valence-corrected chi connectivity index (χ3v) is 3.95. The van der Waals surface area contributed by atoms with Crippen molar-refractivity contribution in [3.05, 3.63) is 59.4 Å². The predicted octanol–water partition coefficient (Wildman–Crippen LogP) is 2.43. The minimum atomic E-state index is -0.563. The first-order chi connectivity index (χ1) is 11.6. The van der Waals surface area contributed by atoms with Gasteiger partial charge in [0.1, 0.15) is 0 Å². The monoisotopic (exact) mass is 342 g/mol. The van der Waals surface area contributed by atoms with Crippen molar-refractivity contribution in [3.63, 3.8) is 0 Å². The topological polar surface area (TPSA) is 86.1 Å². The zero-order chi connectivity index (χ0) is 16.9. The van der Waals surface area contributed by atoms with Gasteiger partial charge in [-0.25, -0.2) is 14.5 Å².